The number of rotatable bonds is 6. The molecule has 0 spiro atoms. The van der Waals surface area contributed by atoms with Gasteiger partial charge in [0.05, 0.1) is 18.9 Å². The second-order valence-electron chi connectivity index (χ2n) is 10.1. The average Bonchev–Trinajstić information content (AvgIpc) is 3.59. The Morgan fingerprint density at radius 2 is 1.92 bits per heavy atom. The number of nitrogens with one attached hydrogen (secondary N) is 2. The van der Waals surface area contributed by atoms with E-state index in [1.807, 2.05) is 74.9 Å². The Morgan fingerprint density at radius 3 is 2.72 bits per heavy atom. The lowest BCUT2D eigenvalue weighted by Gasteiger charge is -2.37. The van der Waals surface area contributed by atoms with Crippen LogP contribution >= 0.6 is 0 Å². The van der Waals surface area contributed by atoms with Gasteiger partial charge in [-0.3, -0.25) is 9.48 Å². The Labute approximate surface area is 226 Å². The first-order valence-corrected chi connectivity index (χ1v) is 13.0. The standard InChI is InChI=1S/C31H30N4O4/c1-18-28(31(37)39-17-19-15-33-35(2)16-19)29(23-8-6-9-24-22(23)11-12-32-24)30-25(34-18)13-20(14-26(30)36)21-7-4-5-10-27(21)38-3/h4-12,15-16,20,29,32,34H,13-14,17H2,1-3H3/t20-,29?/m1/s1. The zero-order chi connectivity index (χ0) is 27.1. The van der Waals surface area contributed by atoms with E-state index >= 15 is 0 Å². The third kappa shape index (κ3) is 4.41. The van der Waals surface area contributed by atoms with Gasteiger partial charge in [-0.25, -0.2) is 4.79 Å². The van der Waals surface area contributed by atoms with Crippen LogP contribution in [0.5, 0.6) is 5.75 Å². The molecule has 1 aliphatic carbocycles. The van der Waals surface area contributed by atoms with Crippen molar-refractivity contribution in [3.05, 3.63) is 106 Å². The van der Waals surface area contributed by atoms with Gasteiger partial charge in [-0.1, -0.05) is 30.3 Å². The van der Waals surface area contributed by atoms with Gasteiger partial charge in [0.25, 0.3) is 0 Å². The van der Waals surface area contributed by atoms with E-state index < -0.39 is 11.9 Å². The van der Waals surface area contributed by atoms with Gasteiger partial charge in [0.2, 0.25) is 0 Å². The molecule has 1 unspecified atom stereocenters. The molecular weight excluding hydrogens is 492 g/mol. The summed E-state index contributed by atoms with van der Waals surface area (Å²) in [6, 6.07) is 15.8. The van der Waals surface area contributed by atoms with E-state index in [9.17, 15) is 9.59 Å². The summed E-state index contributed by atoms with van der Waals surface area (Å²) in [5.74, 6) is -0.241. The minimum Gasteiger partial charge on any atom is -0.496 e. The number of Topliss-reactive ketones (excluding diaryl/α,β-unsaturated/α-hetero) is 1. The number of benzene rings is 2. The molecule has 1 aliphatic heterocycles. The summed E-state index contributed by atoms with van der Waals surface area (Å²) in [6.45, 7) is 1.98. The Kier molecular flexibility index (Phi) is 6.30. The highest BCUT2D eigenvalue weighted by Crippen LogP contribution is 2.48. The SMILES string of the molecule is COc1ccccc1[C@H]1CC(=O)C2=C(C1)NC(C)=C(C(=O)OCc1cnn(C)c1)C2c1cccc2[nH]ccc12. The summed E-state index contributed by atoms with van der Waals surface area (Å²) in [7, 11) is 3.47. The number of nitrogens with zero attached hydrogens (tertiary/aromatic N) is 2. The summed E-state index contributed by atoms with van der Waals surface area (Å²) in [5.41, 5.74) is 6.28. The first kappa shape index (κ1) is 24.7. The molecule has 3 heterocycles. The number of aromatic amines is 1. The van der Waals surface area contributed by atoms with Gasteiger partial charge in [0.15, 0.2) is 5.78 Å². The van der Waals surface area contributed by atoms with Crippen LogP contribution < -0.4 is 10.1 Å². The number of aryl methyl sites for hydroxylation is 1. The maximum atomic E-state index is 14.0. The second kappa shape index (κ2) is 9.94. The van der Waals surface area contributed by atoms with Crippen molar-refractivity contribution in [3.63, 3.8) is 0 Å². The monoisotopic (exact) mass is 522 g/mol. The number of hydrogen-bond acceptors (Lipinski definition) is 6. The Bertz CT molecular complexity index is 1660. The Hall–Kier alpha value is -4.59. The molecule has 2 atom stereocenters. The second-order valence-corrected chi connectivity index (χ2v) is 10.1. The lowest BCUT2D eigenvalue weighted by atomic mass is 9.71. The molecule has 0 saturated carbocycles. The van der Waals surface area contributed by atoms with E-state index in [1.165, 1.54) is 0 Å². The van der Waals surface area contributed by atoms with Crippen LogP contribution in [-0.2, 0) is 28.0 Å². The van der Waals surface area contributed by atoms with Gasteiger partial charge in [-0.05, 0) is 42.7 Å². The quantitative estimate of drug-likeness (QED) is 0.345. The first-order valence-electron chi connectivity index (χ1n) is 13.0. The molecular formula is C31H30N4O4. The highest BCUT2D eigenvalue weighted by Gasteiger charge is 2.42. The van der Waals surface area contributed by atoms with Gasteiger partial charge in [0.1, 0.15) is 12.4 Å². The van der Waals surface area contributed by atoms with Gasteiger partial charge < -0.3 is 19.8 Å². The normalized spacial score (nSPS) is 19.2. The minimum atomic E-state index is -0.548. The molecule has 39 heavy (non-hydrogen) atoms. The summed E-state index contributed by atoms with van der Waals surface area (Å²) >= 11 is 0. The molecule has 2 N–H and O–H groups in total. The van der Waals surface area contributed by atoms with Crippen molar-refractivity contribution < 1.29 is 19.1 Å². The lowest BCUT2D eigenvalue weighted by Crippen LogP contribution is -2.36. The number of H-pyrrole nitrogens is 1. The Morgan fingerprint density at radius 1 is 1.10 bits per heavy atom. The molecule has 0 radical (unpaired) electrons. The zero-order valence-corrected chi connectivity index (χ0v) is 22.2. The fourth-order valence-electron chi connectivity index (χ4n) is 5.98. The van der Waals surface area contributed by atoms with Crippen LogP contribution in [0.4, 0.5) is 0 Å². The number of methoxy groups -OCH3 is 1. The van der Waals surface area contributed by atoms with Crippen LogP contribution in [0.3, 0.4) is 0 Å². The number of allylic oxidation sites excluding steroid dienone is 3. The molecule has 8 nitrogen and oxygen atoms in total. The van der Waals surface area contributed by atoms with Crippen LogP contribution in [-0.4, -0.2) is 33.6 Å². The van der Waals surface area contributed by atoms with E-state index in [0.717, 1.165) is 39.0 Å². The summed E-state index contributed by atoms with van der Waals surface area (Å²) in [6.07, 6.45) is 6.33. The third-order valence-corrected chi connectivity index (χ3v) is 7.69. The molecule has 2 aromatic carbocycles. The summed E-state index contributed by atoms with van der Waals surface area (Å²) in [5, 5.41) is 8.56. The molecule has 0 bridgehead atoms. The van der Waals surface area contributed by atoms with E-state index in [4.69, 9.17) is 9.47 Å². The van der Waals surface area contributed by atoms with E-state index in [2.05, 4.69) is 15.4 Å². The van der Waals surface area contributed by atoms with Crippen LogP contribution in [0.15, 0.2) is 89.7 Å². The molecule has 2 aliphatic rings. The highest BCUT2D eigenvalue weighted by atomic mass is 16.5. The molecule has 0 fully saturated rings. The molecule has 8 heteroatoms. The van der Waals surface area contributed by atoms with Gasteiger partial charge in [-0.2, -0.15) is 5.10 Å². The molecule has 2 aromatic heterocycles. The van der Waals surface area contributed by atoms with Crippen molar-refractivity contribution >= 4 is 22.7 Å². The number of aromatic nitrogens is 3. The highest BCUT2D eigenvalue weighted by molar-refractivity contribution is 6.05. The predicted molar refractivity (Wildman–Crippen MR) is 147 cm³/mol. The molecule has 0 saturated heterocycles. The number of dihydropyridines is 1. The van der Waals surface area contributed by atoms with Crippen LogP contribution in [0, 0.1) is 0 Å². The minimum absolute atomic E-state index is 0.0160. The first-order chi connectivity index (χ1) is 18.9. The number of hydrogen-bond donors (Lipinski definition) is 2. The maximum Gasteiger partial charge on any atom is 0.337 e. The lowest BCUT2D eigenvalue weighted by molar-refractivity contribution is -0.140. The predicted octanol–water partition coefficient (Wildman–Crippen LogP) is 5.02. The van der Waals surface area contributed by atoms with Gasteiger partial charge >= 0.3 is 5.97 Å². The number of para-hydroxylation sites is 1. The number of carbonyl (C=O) groups excluding carboxylic acids is 2. The van der Waals surface area contributed by atoms with Crippen LogP contribution in [0.1, 0.15) is 48.3 Å². The number of fused-ring (bicyclic) bond motifs is 1. The van der Waals surface area contributed by atoms with E-state index in [-0.39, 0.29) is 18.3 Å². The average molecular weight is 523 g/mol. The van der Waals surface area contributed by atoms with Crippen molar-refractivity contribution in [1.29, 1.82) is 0 Å². The van der Waals surface area contributed by atoms with Gasteiger partial charge in [0, 0.05) is 71.1 Å². The molecule has 198 valence electrons. The molecule has 4 aromatic rings. The third-order valence-electron chi connectivity index (χ3n) is 7.69. The van der Waals surface area contributed by atoms with Crippen molar-refractivity contribution in [2.24, 2.45) is 7.05 Å². The van der Waals surface area contributed by atoms with Crippen molar-refractivity contribution in [2.45, 2.75) is 38.2 Å². The fourth-order valence-corrected chi connectivity index (χ4v) is 5.98. The van der Waals surface area contributed by atoms with Crippen molar-refractivity contribution in [2.75, 3.05) is 7.11 Å². The van der Waals surface area contributed by atoms with Gasteiger partial charge in [-0.15, -0.1) is 0 Å². The van der Waals surface area contributed by atoms with Crippen molar-refractivity contribution in [3.8, 4) is 5.75 Å². The number of ketones is 1. The van der Waals surface area contributed by atoms with Crippen molar-refractivity contribution in [1.82, 2.24) is 20.1 Å². The fraction of sp³-hybridized carbons (Fsp3) is 0.258. The van der Waals surface area contributed by atoms with E-state index in [1.54, 1.807) is 18.0 Å². The largest absolute Gasteiger partial charge is 0.496 e. The smallest absolute Gasteiger partial charge is 0.337 e. The topological polar surface area (TPSA) is 98.2 Å². The zero-order valence-electron chi connectivity index (χ0n) is 22.2. The number of ether oxygens (including phenoxy) is 2. The number of carbonyl (C=O) groups is 2. The van der Waals surface area contributed by atoms with E-state index in [0.29, 0.717) is 29.7 Å². The number of esters is 1. The molecule has 6 rings (SSSR count). The van der Waals surface area contributed by atoms with Crippen LogP contribution in [0.2, 0.25) is 0 Å². The summed E-state index contributed by atoms with van der Waals surface area (Å²) in [4.78, 5) is 30.9. The maximum absolute atomic E-state index is 14.0. The Balaban J connectivity index is 1.42. The summed E-state index contributed by atoms with van der Waals surface area (Å²) < 4.78 is 13.1. The van der Waals surface area contributed by atoms with Crippen LogP contribution in [0.25, 0.3) is 10.9 Å². The molecule has 0 amide bonds.